The first-order valence-electron chi connectivity index (χ1n) is 8.00. The Morgan fingerprint density at radius 3 is 2.79 bits per heavy atom. The summed E-state index contributed by atoms with van der Waals surface area (Å²) in [5.74, 6) is 3.73. The number of guanidine groups is 1. The second-order valence-corrected chi connectivity index (χ2v) is 7.53. The lowest BCUT2D eigenvalue weighted by Gasteiger charge is -2.12. The maximum Gasteiger partial charge on any atom is 0.192 e. The van der Waals surface area contributed by atoms with Crippen LogP contribution in [-0.4, -0.2) is 39.3 Å². The number of hydrogen-bond acceptors (Lipinski definition) is 5. The highest BCUT2D eigenvalue weighted by molar-refractivity contribution is 7.98. The van der Waals surface area contributed by atoms with E-state index in [0.717, 1.165) is 42.9 Å². The predicted octanol–water partition coefficient (Wildman–Crippen LogP) is 2.48. The van der Waals surface area contributed by atoms with E-state index in [1.807, 2.05) is 30.3 Å². The molecule has 0 aromatic carbocycles. The van der Waals surface area contributed by atoms with E-state index in [2.05, 4.69) is 50.4 Å². The average molecular weight is 367 g/mol. The van der Waals surface area contributed by atoms with Gasteiger partial charge < -0.3 is 15.2 Å². The highest BCUT2D eigenvalue weighted by Crippen LogP contribution is 2.14. The third-order valence-electron chi connectivity index (χ3n) is 3.76. The van der Waals surface area contributed by atoms with Crippen LogP contribution >= 0.6 is 23.1 Å². The van der Waals surface area contributed by atoms with Gasteiger partial charge in [0.1, 0.15) is 12.4 Å². The fourth-order valence-corrected chi connectivity index (χ4v) is 3.36. The van der Waals surface area contributed by atoms with Crippen molar-refractivity contribution in [2.45, 2.75) is 33.4 Å². The molecule has 0 atom stereocenters. The smallest absolute Gasteiger partial charge is 0.192 e. The van der Waals surface area contributed by atoms with E-state index in [0.29, 0.717) is 6.54 Å². The first kappa shape index (κ1) is 18.8. The Morgan fingerprint density at radius 1 is 1.33 bits per heavy atom. The van der Waals surface area contributed by atoms with Gasteiger partial charge in [-0.3, -0.25) is 0 Å². The van der Waals surface area contributed by atoms with Crippen LogP contribution < -0.4 is 10.6 Å². The molecule has 0 radical (unpaired) electrons. The molecule has 2 heterocycles. The van der Waals surface area contributed by atoms with Crippen LogP contribution in [0.2, 0.25) is 0 Å². The summed E-state index contributed by atoms with van der Waals surface area (Å²) in [5.41, 5.74) is 1.32. The molecule has 0 spiro atoms. The lowest BCUT2D eigenvalue weighted by atomic mass is 10.3. The third kappa shape index (κ3) is 5.52. The highest BCUT2D eigenvalue weighted by Gasteiger charge is 2.06. The summed E-state index contributed by atoms with van der Waals surface area (Å²) in [5, 5.41) is 17.2. The summed E-state index contributed by atoms with van der Waals surface area (Å²) in [6, 6.07) is 2.15. The Balaban J connectivity index is 1.96. The maximum atomic E-state index is 4.66. The van der Waals surface area contributed by atoms with Crippen LogP contribution in [0, 0.1) is 13.8 Å². The lowest BCUT2D eigenvalue weighted by molar-refractivity contribution is 0.746. The molecular weight excluding hydrogens is 340 g/mol. The number of nitrogens with zero attached hydrogens (tertiary/aromatic N) is 4. The summed E-state index contributed by atoms with van der Waals surface area (Å²) in [6.45, 7) is 6.29. The van der Waals surface area contributed by atoms with Gasteiger partial charge in [-0.25, -0.2) is 4.99 Å². The van der Waals surface area contributed by atoms with E-state index in [-0.39, 0.29) is 0 Å². The van der Waals surface area contributed by atoms with Gasteiger partial charge in [0.25, 0.3) is 0 Å². The van der Waals surface area contributed by atoms with Gasteiger partial charge in [-0.2, -0.15) is 11.8 Å². The molecule has 0 aliphatic carbocycles. The molecule has 0 aliphatic rings. The van der Waals surface area contributed by atoms with Gasteiger partial charge >= 0.3 is 0 Å². The lowest BCUT2D eigenvalue weighted by Crippen LogP contribution is -2.37. The number of thiophene rings is 1. The van der Waals surface area contributed by atoms with Gasteiger partial charge in [-0.05, 0) is 49.3 Å². The number of hydrogen-bond donors (Lipinski definition) is 2. The van der Waals surface area contributed by atoms with Crippen LogP contribution in [0.5, 0.6) is 0 Å². The Bertz CT molecular complexity index is 661. The Hall–Kier alpha value is -1.54. The molecule has 0 amide bonds. The van der Waals surface area contributed by atoms with Crippen molar-refractivity contribution in [3.8, 4) is 0 Å². The molecule has 0 unspecified atom stereocenters. The number of aryl methyl sites for hydroxylation is 2. The van der Waals surface area contributed by atoms with Crippen LogP contribution in [-0.2, 0) is 20.1 Å². The molecule has 0 fully saturated rings. The number of aliphatic imine (C=N–C) groups is 1. The number of aromatic nitrogens is 3. The second kappa shape index (κ2) is 9.68. The van der Waals surface area contributed by atoms with Gasteiger partial charge in [0.05, 0.1) is 6.54 Å². The van der Waals surface area contributed by atoms with Crippen LogP contribution in [0.15, 0.2) is 16.4 Å². The Kier molecular flexibility index (Phi) is 7.58. The van der Waals surface area contributed by atoms with Gasteiger partial charge in [0.2, 0.25) is 0 Å². The zero-order valence-electron chi connectivity index (χ0n) is 14.8. The van der Waals surface area contributed by atoms with E-state index >= 15 is 0 Å². The molecule has 2 aromatic rings. The summed E-state index contributed by atoms with van der Waals surface area (Å²) in [4.78, 5) is 6.00. The summed E-state index contributed by atoms with van der Waals surface area (Å²) in [7, 11) is 1.97. The van der Waals surface area contributed by atoms with E-state index < -0.39 is 0 Å². The molecule has 0 saturated heterocycles. The highest BCUT2D eigenvalue weighted by atomic mass is 32.2. The van der Waals surface area contributed by atoms with E-state index in [9.17, 15) is 0 Å². The van der Waals surface area contributed by atoms with Crippen molar-refractivity contribution in [2.24, 2.45) is 12.0 Å². The summed E-state index contributed by atoms with van der Waals surface area (Å²) >= 11 is 3.63. The molecule has 0 saturated carbocycles. The van der Waals surface area contributed by atoms with Crippen molar-refractivity contribution in [3.05, 3.63) is 33.5 Å². The van der Waals surface area contributed by atoms with Gasteiger partial charge in [-0.15, -0.1) is 21.5 Å². The van der Waals surface area contributed by atoms with Crippen molar-refractivity contribution < 1.29 is 0 Å². The van der Waals surface area contributed by atoms with Crippen LogP contribution in [0.4, 0.5) is 0 Å². The zero-order chi connectivity index (χ0) is 17.4. The first-order chi connectivity index (χ1) is 11.6. The molecular formula is C16H26N6S2. The van der Waals surface area contributed by atoms with E-state index in [4.69, 9.17) is 0 Å². The monoisotopic (exact) mass is 366 g/mol. The standard InChI is InChI=1S/C16H26N6S2/c1-12-6-9-24-14(12)10-18-16(17-7-5-8-23-4)19-11-15-21-20-13(2)22(15)3/h6,9H,5,7-8,10-11H2,1-4H3,(H2,17,18,19). The predicted molar refractivity (Wildman–Crippen MR) is 104 cm³/mol. The topological polar surface area (TPSA) is 67.1 Å². The fourth-order valence-electron chi connectivity index (χ4n) is 2.09. The second-order valence-electron chi connectivity index (χ2n) is 5.54. The number of nitrogens with one attached hydrogen (secondary N) is 2. The SMILES string of the molecule is CSCCCNC(=NCc1nnc(C)n1C)NCc1sccc1C. The van der Waals surface area contributed by atoms with Crippen molar-refractivity contribution in [1.82, 2.24) is 25.4 Å². The Labute approximate surface area is 152 Å². The fraction of sp³-hybridized carbons (Fsp3) is 0.562. The minimum Gasteiger partial charge on any atom is -0.356 e. The Morgan fingerprint density at radius 2 is 2.17 bits per heavy atom. The van der Waals surface area contributed by atoms with Crippen molar-refractivity contribution in [1.29, 1.82) is 0 Å². The molecule has 0 bridgehead atoms. The minimum absolute atomic E-state index is 0.513. The van der Waals surface area contributed by atoms with Gasteiger partial charge in [0.15, 0.2) is 11.8 Å². The van der Waals surface area contributed by atoms with Crippen LogP contribution in [0.1, 0.15) is 28.5 Å². The zero-order valence-corrected chi connectivity index (χ0v) is 16.4. The molecule has 0 aliphatic heterocycles. The largest absolute Gasteiger partial charge is 0.356 e. The minimum atomic E-state index is 0.513. The molecule has 24 heavy (non-hydrogen) atoms. The third-order valence-corrected chi connectivity index (χ3v) is 5.48. The summed E-state index contributed by atoms with van der Waals surface area (Å²) in [6.07, 6.45) is 3.24. The van der Waals surface area contributed by atoms with Crippen molar-refractivity contribution in [3.63, 3.8) is 0 Å². The van der Waals surface area contributed by atoms with Crippen molar-refractivity contribution >= 4 is 29.1 Å². The van der Waals surface area contributed by atoms with Crippen LogP contribution in [0.25, 0.3) is 0 Å². The van der Waals surface area contributed by atoms with Gasteiger partial charge in [-0.1, -0.05) is 0 Å². The van der Waals surface area contributed by atoms with E-state index in [1.54, 1.807) is 11.3 Å². The molecule has 2 rings (SSSR count). The van der Waals surface area contributed by atoms with Gasteiger partial charge in [0, 0.05) is 18.5 Å². The van der Waals surface area contributed by atoms with Crippen molar-refractivity contribution in [2.75, 3.05) is 18.6 Å². The average Bonchev–Trinajstić information content (AvgIpc) is 3.13. The molecule has 8 heteroatoms. The maximum absolute atomic E-state index is 4.66. The first-order valence-corrected chi connectivity index (χ1v) is 10.3. The molecule has 2 aromatic heterocycles. The van der Waals surface area contributed by atoms with E-state index in [1.165, 1.54) is 10.4 Å². The molecule has 132 valence electrons. The molecule has 2 N–H and O–H groups in total. The quantitative estimate of drug-likeness (QED) is 0.427. The molecule has 6 nitrogen and oxygen atoms in total. The summed E-state index contributed by atoms with van der Waals surface area (Å²) < 4.78 is 1.97. The van der Waals surface area contributed by atoms with Crippen LogP contribution in [0.3, 0.4) is 0 Å². The normalized spacial score (nSPS) is 11.8. The number of thioether (sulfide) groups is 1. The number of rotatable bonds is 8.